The largest absolute Gasteiger partial charge is 0.327 e. The number of aryl methyl sites for hydroxylation is 2. The molecule has 21 heavy (non-hydrogen) atoms. The van der Waals surface area contributed by atoms with E-state index < -0.39 is 0 Å². The zero-order chi connectivity index (χ0) is 15.4. The number of halogens is 1. The molecule has 0 fully saturated rings. The first-order chi connectivity index (χ1) is 10.1. The fourth-order valence-electron chi connectivity index (χ4n) is 2.46. The van der Waals surface area contributed by atoms with E-state index in [-0.39, 0.29) is 6.04 Å². The summed E-state index contributed by atoms with van der Waals surface area (Å²) < 4.78 is 2.05. The molecule has 1 unspecified atom stereocenters. The Balaban J connectivity index is 2.49. The third kappa shape index (κ3) is 3.66. The fraction of sp³-hybridized carbons (Fsp3) is 0.471. The lowest BCUT2D eigenvalue weighted by molar-refractivity contribution is 0.641. The van der Waals surface area contributed by atoms with Gasteiger partial charge in [-0.15, -0.1) is 0 Å². The summed E-state index contributed by atoms with van der Waals surface area (Å²) in [5.41, 5.74) is 10.7. The number of benzene rings is 1. The number of hydrogen-bond acceptors (Lipinski definition) is 2. The molecule has 114 valence electrons. The molecule has 0 aliphatic rings. The smallest absolute Gasteiger partial charge is 0.0682 e. The van der Waals surface area contributed by atoms with Gasteiger partial charge in [-0.05, 0) is 55.5 Å². The first-order valence-electron chi connectivity index (χ1n) is 7.71. The topological polar surface area (TPSA) is 43.8 Å². The van der Waals surface area contributed by atoms with Crippen LogP contribution in [-0.2, 0) is 19.3 Å². The summed E-state index contributed by atoms with van der Waals surface area (Å²) >= 11 is 6.17. The minimum Gasteiger partial charge on any atom is -0.327 e. The van der Waals surface area contributed by atoms with Crippen LogP contribution < -0.4 is 5.73 Å². The van der Waals surface area contributed by atoms with Gasteiger partial charge in [0.25, 0.3) is 0 Å². The molecule has 0 amide bonds. The van der Waals surface area contributed by atoms with Crippen molar-refractivity contribution in [1.29, 1.82) is 0 Å². The molecule has 0 bridgehead atoms. The molecule has 2 N–H and O–H groups in total. The predicted octanol–water partition coefficient (Wildman–Crippen LogP) is 3.93. The Morgan fingerprint density at radius 1 is 1.19 bits per heavy atom. The summed E-state index contributed by atoms with van der Waals surface area (Å²) in [4.78, 5) is 0. The third-order valence-corrected chi connectivity index (χ3v) is 4.07. The Labute approximate surface area is 132 Å². The van der Waals surface area contributed by atoms with Crippen LogP contribution in [0.2, 0.25) is 5.02 Å². The monoisotopic (exact) mass is 305 g/mol. The first kappa shape index (κ1) is 16.1. The molecule has 0 saturated carbocycles. The van der Waals surface area contributed by atoms with Gasteiger partial charge >= 0.3 is 0 Å². The Kier molecular flexibility index (Phi) is 5.43. The molecule has 1 aromatic carbocycles. The van der Waals surface area contributed by atoms with Crippen molar-refractivity contribution in [3.8, 4) is 5.69 Å². The highest BCUT2D eigenvalue weighted by Gasteiger charge is 2.13. The number of rotatable bonds is 6. The number of nitrogens with zero attached hydrogens (tertiary/aromatic N) is 2. The molecule has 3 nitrogen and oxygen atoms in total. The van der Waals surface area contributed by atoms with Gasteiger partial charge in [0.05, 0.1) is 11.4 Å². The minimum atomic E-state index is 0.147. The normalized spacial score (nSPS) is 12.6. The van der Waals surface area contributed by atoms with Crippen LogP contribution >= 0.6 is 11.6 Å². The molecular weight excluding hydrogens is 282 g/mol. The average Bonchev–Trinajstić information content (AvgIpc) is 2.90. The lowest BCUT2D eigenvalue weighted by Gasteiger charge is -2.15. The molecule has 0 radical (unpaired) electrons. The van der Waals surface area contributed by atoms with Gasteiger partial charge in [-0.25, -0.2) is 4.68 Å². The maximum Gasteiger partial charge on any atom is 0.0682 e. The van der Waals surface area contributed by atoms with Crippen LogP contribution in [0.25, 0.3) is 5.69 Å². The van der Waals surface area contributed by atoms with E-state index in [9.17, 15) is 0 Å². The van der Waals surface area contributed by atoms with Crippen LogP contribution in [0.4, 0.5) is 0 Å². The molecule has 0 aliphatic carbocycles. The quantitative estimate of drug-likeness (QED) is 0.878. The van der Waals surface area contributed by atoms with Crippen molar-refractivity contribution < 1.29 is 0 Å². The zero-order valence-corrected chi connectivity index (χ0v) is 13.8. The predicted molar refractivity (Wildman–Crippen MR) is 89.3 cm³/mol. The van der Waals surface area contributed by atoms with Crippen molar-refractivity contribution in [3.63, 3.8) is 0 Å². The Bertz CT molecular complexity index is 604. The van der Waals surface area contributed by atoms with Gasteiger partial charge in [-0.1, -0.05) is 32.4 Å². The van der Waals surface area contributed by atoms with Crippen molar-refractivity contribution in [1.82, 2.24) is 9.78 Å². The average molecular weight is 306 g/mol. The maximum atomic E-state index is 6.17. The van der Waals surface area contributed by atoms with E-state index in [4.69, 9.17) is 22.4 Å². The second kappa shape index (κ2) is 7.10. The standard InChI is InChI=1S/C17H24ClN3/c1-4-14(19)10-12-9-13(18)7-8-17(12)21-16(6-3)11-15(5-2)20-21/h7-9,11,14H,4-6,10,19H2,1-3H3. The molecule has 1 heterocycles. The van der Waals surface area contributed by atoms with Crippen LogP contribution in [-0.4, -0.2) is 15.8 Å². The molecule has 2 rings (SSSR count). The van der Waals surface area contributed by atoms with Gasteiger partial charge in [0.1, 0.15) is 0 Å². The van der Waals surface area contributed by atoms with Gasteiger partial charge in [0.2, 0.25) is 0 Å². The van der Waals surface area contributed by atoms with E-state index in [0.717, 1.165) is 47.7 Å². The molecule has 1 aromatic heterocycles. The highest BCUT2D eigenvalue weighted by molar-refractivity contribution is 6.30. The van der Waals surface area contributed by atoms with E-state index in [1.165, 1.54) is 5.69 Å². The third-order valence-electron chi connectivity index (χ3n) is 3.83. The van der Waals surface area contributed by atoms with Crippen molar-refractivity contribution in [2.45, 2.75) is 52.5 Å². The second-order valence-electron chi connectivity index (χ2n) is 5.39. The van der Waals surface area contributed by atoms with E-state index in [2.05, 4.69) is 26.8 Å². The lowest BCUT2D eigenvalue weighted by atomic mass is 10.0. The second-order valence-corrected chi connectivity index (χ2v) is 5.83. The Hall–Kier alpha value is -1.32. The molecule has 4 heteroatoms. The van der Waals surface area contributed by atoms with Gasteiger partial charge in [0.15, 0.2) is 0 Å². The number of aromatic nitrogens is 2. The summed E-state index contributed by atoms with van der Waals surface area (Å²) in [6, 6.07) is 8.31. The summed E-state index contributed by atoms with van der Waals surface area (Å²) in [7, 11) is 0. The summed E-state index contributed by atoms with van der Waals surface area (Å²) in [6.45, 7) is 6.39. The van der Waals surface area contributed by atoms with Crippen LogP contribution in [0.5, 0.6) is 0 Å². The Morgan fingerprint density at radius 2 is 1.95 bits per heavy atom. The Morgan fingerprint density at radius 3 is 2.57 bits per heavy atom. The SMILES string of the molecule is CCc1cc(CC)n(-c2ccc(Cl)cc2CC(N)CC)n1. The fourth-order valence-corrected chi connectivity index (χ4v) is 2.65. The first-order valence-corrected chi connectivity index (χ1v) is 8.08. The molecular formula is C17H24ClN3. The highest BCUT2D eigenvalue weighted by Crippen LogP contribution is 2.23. The minimum absolute atomic E-state index is 0.147. The van der Waals surface area contributed by atoms with Gasteiger partial charge in [-0.3, -0.25) is 0 Å². The van der Waals surface area contributed by atoms with E-state index in [0.29, 0.717) is 0 Å². The van der Waals surface area contributed by atoms with Crippen molar-refractivity contribution in [2.24, 2.45) is 5.73 Å². The maximum absolute atomic E-state index is 6.17. The van der Waals surface area contributed by atoms with Crippen LogP contribution in [0, 0.1) is 0 Å². The van der Waals surface area contributed by atoms with Crippen LogP contribution in [0.3, 0.4) is 0 Å². The van der Waals surface area contributed by atoms with Gasteiger partial charge in [-0.2, -0.15) is 5.10 Å². The van der Waals surface area contributed by atoms with Crippen molar-refractivity contribution in [3.05, 3.63) is 46.2 Å². The molecule has 0 saturated heterocycles. The molecule has 0 aliphatic heterocycles. The van der Waals surface area contributed by atoms with E-state index in [1.54, 1.807) is 0 Å². The summed E-state index contributed by atoms with van der Waals surface area (Å²) in [5.74, 6) is 0. The molecule has 0 spiro atoms. The van der Waals surface area contributed by atoms with Gasteiger partial charge < -0.3 is 5.73 Å². The van der Waals surface area contributed by atoms with E-state index in [1.807, 2.05) is 22.9 Å². The lowest BCUT2D eigenvalue weighted by Crippen LogP contribution is -2.22. The van der Waals surface area contributed by atoms with Gasteiger partial charge in [0, 0.05) is 16.8 Å². The zero-order valence-electron chi connectivity index (χ0n) is 13.1. The van der Waals surface area contributed by atoms with Crippen molar-refractivity contribution >= 4 is 11.6 Å². The van der Waals surface area contributed by atoms with E-state index >= 15 is 0 Å². The van der Waals surface area contributed by atoms with Crippen molar-refractivity contribution in [2.75, 3.05) is 0 Å². The number of nitrogens with two attached hydrogens (primary N) is 1. The molecule has 2 aromatic rings. The van der Waals surface area contributed by atoms with Crippen LogP contribution in [0.1, 0.15) is 44.1 Å². The summed E-state index contributed by atoms with van der Waals surface area (Å²) in [5, 5.41) is 5.47. The number of hydrogen-bond donors (Lipinski definition) is 1. The van der Waals surface area contributed by atoms with Crippen LogP contribution in [0.15, 0.2) is 24.3 Å². The summed E-state index contributed by atoms with van der Waals surface area (Å²) in [6.07, 6.45) is 3.66. The highest BCUT2D eigenvalue weighted by atomic mass is 35.5. The molecule has 1 atom stereocenters.